The number of aromatic nitrogens is 2. The van der Waals surface area contributed by atoms with Gasteiger partial charge in [-0.05, 0) is 30.7 Å². The first-order chi connectivity index (χ1) is 10.3. The Bertz CT molecular complexity index is 778. The van der Waals surface area contributed by atoms with Crippen molar-refractivity contribution in [1.82, 2.24) is 9.78 Å². The number of nitriles is 1. The summed E-state index contributed by atoms with van der Waals surface area (Å²) < 4.78 is 2.00. The van der Waals surface area contributed by atoms with Gasteiger partial charge in [0.15, 0.2) is 0 Å². The van der Waals surface area contributed by atoms with Gasteiger partial charge in [-0.25, -0.2) is 0 Å². The number of aryl methyl sites for hydroxylation is 1. The Kier molecular flexibility index (Phi) is 3.53. The second-order valence-corrected chi connectivity index (χ2v) is 5.00. The molecule has 0 aliphatic carbocycles. The van der Waals surface area contributed by atoms with Crippen molar-refractivity contribution in [3.8, 4) is 17.3 Å². The van der Waals surface area contributed by atoms with Crippen LogP contribution in [0, 0.1) is 18.3 Å². The maximum Gasteiger partial charge on any atom is 0.0991 e. The minimum absolute atomic E-state index is 0.666. The first kappa shape index (κ1) is 13.1. The average molecular weight is 273 g/mol. The zero-order chi connectivity index (χ0) is 14.7. The Morgan fingerprint density at radius 2 is 1.76 bits per heavy atom. The second kappa shape index (κ2) is 5.64. The molecule has 0 unspecified atom stereocenters. The van der Waals surface area contributed by atoms with Gasteiger partial charge in [0.2, 0.25) is 0 Å². The van der Waals surface area contributed by atoms with E-state index in [9.17, 15) is 0 Å². The minimum atomic E-state index is 0.666. The molecule has 21 heavy (non-hydrogen) atoms. The van der Waals surface area contributed by atoms with Crippen LogP contribution in [0.1, 0.15) is 16.8 Å². The van der Waals surface area contributed by atoms with Crippen LogP contribution in [0.5, 0.6) is 0 Å². The summed E-state index contributed by atoms with van der Waals surface area (Å²) in [5.74, 6) is 0. The lowest BCUT2D eigenvalue weighted by Gasteiger charge is -2.04. The average Bonchev–Trinajstić information content (AvgIpc) is 2.89. The van der Waals surface area contributed by atoms with E-state index in [0.29, 0.717) is 5.56 Å². The molecule has 0 atom stereocenters. The molecule has 0 aliphatic rings. The van der Waals surface area contributed by atoms with Crippen molar-refractivity contribution < 1.29 is 0 Å². The highest BCUT2D eigenvalue weighted by atomic mass is 15.3. The summed E-state index contributed by atoms with van der Waals surface area (Å²) in [5.41, 5.74) is 4.99. The van der Waals surface area contributed by atoms with Gasteiger partial charge in [-0.15, -0.1) is 0 Å². The molecule has 0 radical (unpaired) electrons. The summed E-state index contributed by atoms with van der Waals surface area (Å²) >= 11 is 0. The predicted molar refractivity (Wildman–Crippen MR) is 82.7 cm³/mol. The van der Waals surface area contributed by atoms with Crippen molar-refractivity contribution in [3.05, 3.63) is 77.5 Å². The summed E-state index contributed by atoms with van der Waals surface area (Å²) in [6, 6.07) is 22.0. The molecule has 1 heterocycles. The van der Waals surface area contributed by atoms with Crippen LogP contribution in [0.2, 0.25) is 0 Å². The Morgan fingerprint density at radius 3 is 2.43 bits per heavy atom. The second-order valence-electron chi connectivity index (χ2n) is 5.00. The Morgan fingerprint density at radius 1 is 1.05 bits per heavy atom. The van der Waals surface area contributed by atoms with Crippen molar-refractivity contribution in [2.24, 2.45) is 0 Å². The summed E-state index contributed by atoms with van der Waals surface area (Å²) in [6.07, 6.45) is 0. The van der Waals surface area contributed by atoms with Crippen molar-refractivity contribution in [2.75, 3.05) is 0 Å². The monoisotopic (exact) mass is 273 g/mol. The summed E-state index contributed by atoms with van der Waals surface area (Å²) in [7, 11) is 0. The Labute approximate surface area is 124 Å². The Hall–Kier alpha value is -2.86. The third-order valence-electron chi connectivity index (χ3n) is 3.47. The molecule has 3 heteroatoms. The number of rotatable bonds is 3. The number of hydrogen-bond donors (Lipinski definition) is 0. The lowest BCUT2D eigenvalue weighted by Crippen LogP contribution is -2.03. The van der Waals surface area contributed by atoms with Gasteiger partial charge in [0.25, 0.3) is 0 Å². The number of benzene rings is 2. The van der Waals surface area contributed by atoms with Crippen LogP contribution in [0.3, 0.4) is 0 Å². The fourth-order valence-electron chi connectivity index (χ4n) is 2.28. The third kappa shape index (κ3) is 2.85. The summed E-state index contributed by atoms with van der Waals surface area (Å²) in [6.45, 7) is 2.83. The molecule has 0 saturated carbocycles. The fraction of sp³-hybridized carbons (Fsp3) is 0.111. The molecule has 2 aromatic carbocycles. The molecule has 0 saturated heterocycles. The normalized spacial score (nSPS) is 10.3. The lowest BCUT2D eigenvalue weighted by atomic mass is 10.1. The molecule has 0 amide bonds. The lowest BCUT2D eigenvalue weighted by molar-refractivity contribution is 0.667. The molecular formula is C18H15N3. The van der Waals surface area contributed by atoms with Gasteiger partial charge in [0.1, 0.15) is 0 Å². The maximum absolute atomic E-state index is 8.84. The molecule has 0 spiro atoms. The van der Waals surface area contributed by atoms with E-state index >= 15 is 0 Å². The van der Waals surface area contributed by atoms with E-state index < -0.39 is 0 Å². The van der Waals surface area contributed by atoms with Crippen LogP contribution in [0.15, 0.2) is 60.7 Å². The molecule has 0 aliphatic heterocycles. The highest BCUT2D eigenvalue weighted by molar-refractivity contribution is 5.60. The Balaban J connectivity index is 1.88. The number of nitrogens with zero attached hydrogens (tertiary/aromatic N) is 3. The van der Waals surface area contributed by atoms with Gasteiger partial charge in [0, 0.05) is 11.3 Å². The summed E-state index contributed by atoms with van der Waals surface area (Å²) in [4.78, 5) is 0. The smallest absolute Gasteiger partial charge is 0.0991 e. The molecule has 1 aromatic heterocycles. The van der Waals surface area contributed by atoms with E-state index in [4.69, 9.17) is 5.26 Å². The highest BCUT2D eigenvalue weighted by Crippen LogP contribution is 2.20. The van der Waals surface area contributed by atoms with Gasteiger partial charge in [0.05, 0.1) is 23.9 Å². The zero-order valence-electron chi connectivity index (χ0n) is 11.8. The number of hydrogen-bond acceptors (Lipinski definition) is 2. The molecule has 102 valence electrons. The zero-order valence-corrected chi connectivity index (χ0v) is 11.8. The van der Waals surface area contributed by atoms with Gasteiger partial charge < -0.3 is 0 Å². The molecule has 0 fully saturated rings. The van der Waals surface area contributed by atoms with Crippen LogP contribution < -0.4 is 0 Å². The molecular weight excluding hydrogens is 258 g/mol. The van der Waals surface area contributed by atoms with Crippen LogP contribution in [-0.4, -0.2) is 9.78 Å². The molecule has 0 bridgehead atoms. The van der Waals surface area contributed by atoms with Crippen molar-refractivity contribution in [1.29, 1.82) is 5.26 Å². The molecule has 0 N–H and O–H groups in total. The van der Waals surface area contributed by atoms with E-state index in [0.717, 1.165) is 23.5 Å². The standard InChI is InChI=1S/C18H15N3/c1-14-11-18(17-9-7-15(12-19)8-10-17)20-21(14)13-16-5-3-2-4-6-16/h2-11H,13H2,1H3. The SMILES string of the molecule is Cc1cc(-c2ccc(C#N)cc2)nn1Cc1ccccc1. The quantitative estimate of drug-likeness (QED) is 0.728. The van der Waals surface area contributed by atoms with Crippen LogP contribution in [0.25, 0.3) is 11.3 Å². The topological polar surface area (TPSA) is 41.6 Å². The fourth-order valence-corrected chi connectivity index (χ4v) is 2.28. The van der Waals surface area contributed by atoms with Crippen molar-refractivity contribution in [2.45, 2.75) is 13.5 Å². The van der Waals surface area contributed by atoms with Gasteiger partial charge >= 0.3 is 0 Å². The predicted octanol–water partition coefficient (Wildman–Crippen LogP) is 3.78. The van der Waals surface area contributed by atoms with Crippen molar-refractivity contribution in [3.63, 3.8) is 0 Å². The van der Waals surface area contributed by atoms with E-state index in [1.807, 2.05) is 47.1 Å². The first-order valence-electron chi connectivity index (χ1n) is 6.85. The van der Waals surface area contributed by atoms with E-state index in [1.54, 1.807) is 0 Å². The third-order valence-corrected chi connectivity index (χ3v) is 3.47. The van der Waals surface area contributed by atoms with Gasteiger partial charge in [-0.2, -0.15) is 10.4 Å². The van der Waals surface area contributed by atoms with Crippen LogP contribution in [-0.2, 0) is 6.54 Å². The van der Waals surface area contributed by atoms with Crippen LogP contribution >= 0.6 is 0 Å². The van der Waals surface area contributed by atoms with Crippen molar-refractivity contribution >= 4 is 0 Å². The highest BCUT2D eigenvalue weighted by Gasteiger charge is 2.07. The molecule has 3 rings (SSSR count). The largest absolute Gasteiger partial charge is 0.265 e. The van der Waals surface area contributed by atoms with E-state index in [-0.39, 0.29) is 0 Å². The molecule has 3 nitrogen and oxygen atoms in total. The van der Waals surface area contributed by atoms with E-state index in [1.165, 1.54) is 5.56 Å². The first-order valence-corrected chi connectivity index (χ1v) is 6.85. The van der Waals surface area contributed by atoms with Gasteiger partial charge in [-0.1, -0.05) is 42.5 Å². The van der Waals surface area contributed by atoms with Crippen LogP contribution in [0.4, 0.5) is 0 Å². The summed E-state index contributed by atoms with van der Waals surface area (Å²) in [5, 5.41) is 13.5. The van der Waals surface area contributed by atoms with E-state index in [2.05, 4.69) is 36.3 Å². The van der Waals surface area contributed by atoms with Gasteiger partial charge in [-0.3, -0.25) is 4.68 Å². The minimum Gasteiger partial charge on any atom is -0.265 e. The maximum atomic E-state index is 8.84. The molecule has 3 aromatic rings.